The molecule has 1 fully saturated rings. The average Bonchev–Trinajstić information content (AvgIpc) is 3.07. The van der Waals surface area contributed by atoms with Crippen molar-refractivity contribution in [1.82, 2.24) is 9.55 Å². The number of fused-ring (bicyclic) bond motifs is 1. The molecule has 0 bridgehead atoms. The molecule has 0 amide bonds. The molecule has 0 spiro atoms. The van der Waals surface area contributed by atoms with E-state index >= 15 is 0 Å². The molecular weight excluding hydrogens is 441 g/mol. The van der Waals surface area contributed by atoms with Crippen LogP contribution in [0.15, 0.2) is 12.1 Å². The number of carbonyl (C=O) groups is 3. The highest BCUT2D eigenvalue weighted by atomic mass is 35.5. The second kappa shape index (κ2) is 7.26. The monoisotopic (exact) mass is 459 g/mol. The predicted octanol–water partition coefficient (Wildman–Crippen LogP) is 0.413. The maximum absolute atomic E-state index is 12.6. The van der Waals surface area contributed by atoms with Gasteiger partial charge in [-0.3, -0.25) is 19.0 Å². The van der Waals surface area contributed by atoms with Gasteiger partial charge in [0.1, 0.15) is 12.2 Å². The van der Waals surface area contributed by atoms with Crippen molar-refractivity contribution < 1.29 is 34.4 Å². The number of aliphatic hydroxyl groups is 3. The van der Waals surface area contributed by atoms with Gasteiger partial charge in [0.05, 0.1) is 21.1 Å². The highest BCUT2D eigenvalue weighted by molar-refractivity contribution is 6.42. The number of nitrogens with zero attached hydrogens (tertiary/aromatic N) is 2. The maximum Gasteiger partial charge on any atom is 0.206 e. The number of hydrogen-bond donors (Lipinski definition) is 4. The lowest BCUT2D eigenvalue weighted by Crippen LogP contribution is -2.67. The highest BCUT2D eigenvalue weighted by Gasteiger charge is 2.73. The lowest BCUT2D eigenvalue weighted by Gasteiger charge is -2.38. The minimum atomic E-state index is -2.96. The fourth-order valence-corrected chi connectivity index (χ4v) is 4.09. The first-order valence-corrected chi connectivity index (χ1v) is 9.47. The Kier molecular flexibility index (Phi) is 5.47. The molecule has 1 unspecified atom stereocenters. The van der Waals surface area contributed by atoms with Crippen LogP contribution in [0, 0.1) is 0 Å². The van der Waals surface area contributed by atoms with E-state index in [0.717, 1.165) is 25.3 Å². The molecule has 0 aliphatic carbocycles. The van der Waals surface area contributed by atoms with Gasteiger partial charge in [-0.15, -0.1) is 0 Å². The van der Waals surface area contributed by atoms with Gasteiger partial charge < -0.3 is 25.8 Å². The zero-order chi connectivity index (χ0) is 22.8. The van der Waals surface area contributed by atoms with Gasteiger partial charge in [-0.25, -0.2) is 4.98 Å². The SMILES string of the molecule is CC(=O)C(O)[C@H]1O[C@@H](n2c(N)nc3cc(Cl)c(Cl)cc32)[C@@](O)(C(C)=O)[C@@]1(O)C(C)=O. The summed E-state index contributed by atoms with van der Waals surface area (Å²) in [6.07, 6.45) is -5.82. The second-order valence-corrected chi connectivity index (χ2v) is 8.02. The van der Waals surface area contributed by atoms with Crippen LogP contribution in [-0.2, 0) is 19.1 Å². The van der Waals surface area contributed by atoms with Gasteiger partial charge in [0.25, 0.3) is 0 Å². The number of aromatic nitrogens is 2. The van der Waals surface area contributed by atoms with Crippen LogP contribution in [0.5, 0.6) is 0 Å². The number of nitrogen functional groups attached to an aromatic ring is 1. The van der Waals surface area contributed by atoms with Gasteiger partial charge in [-0.1, -0.05) is 23.2 Å². The van der Waals surface area contributed by atoms with E-state index in [1.807, 2.05) is 0 Å². The van der Waals surface area contributed by atoms with Crippen LogP contribution in [0.3, 0.4) is 0 Å². The Bertz CT molecular complexity index is 1090. The fourth-order valence-electron chi connectivity index (χ4n) is 3.77. The number of nitrogens with two attached hydrogens (primary N) is 1. The molecule has 1 saturated heterocycles. The number of rotatable bonds is 5. The maximum atomic E-state index is 12.6. The molecule has 2 aromatic rings. The number of hydrogen-bond acceptors (Lipinski definition) is 9. The van der Waals surface area contributed by atoms with Gasteiger partial charge in [0.15, 0.2) is 29.2 Å². The molecule has 3 rings (SSSR count). The lowest BCUT2D eigenvalue weighted by molar-refractivity contribution is -0.183. The van der Waals surface area contributed by atoms with Gasteiger partial charge in [0, 0.05) is 0 Å². The Morgan fingerprint density at radius 2 is 1.67 bits per heavy atom. The average molecular weight is 460 g/mol. The highest BCUT2D eigenvalue weighted by Crippen LogP contribution is 2.50. The number of Topliss-reactive ketones (excluding diaryl/α,β-unsaturated/α-hetero) is 3. The van der Waals surface area contributed by atoms with Crippen LogP contribution in [0.25, 0.3) is 11.0 Å². The molecule has 1 aromatic heterocycles. The Hall–Kier alpha value is -2.08. The Balaban J connectivity index is 2.34. The summed E-state index contributed by atoms with van der Waals surface area (Å²) in [5.41, 5.74) is 0.464. The topological polar surface area (TPSA) is 165 Å². The number of carbonyl (C=O) groups excluding carboxylic acids is 3. The number of halogens is 2. The van der Waals surface area contributed by atoms with E-state index in [9.17, 15) is 29.7 Å². The zero-order valence-electron chi connectivity index (χ0n) is 16.1. The number of ketones is 3. The number of ether oxygens (including phenoxy) is 1. The summed E-state index contributed by atoms with van der Waals surface area (Å²) in [4.78, 5) is 40.9. The molecule has 1 aliphatic heterocycles. The third kappa shape index (κ3) is 2.87. The molecule has 0 radical (unpaired) electrons. The van der Waals surface area contributed by atoms with Crippen molar-refractivity contribution in [2.45, 2.75) is 50.4 Å². The summed E-state index contributed by atoms with van der Waals surface area (Å²) in [7, 11) is 0. The van der Waals surface area contributed by atoms with Crippen molar-refractivity contribution in [2.24, 2.45) is 0 Å². The molecule has 5 N–H and O–H groups in total. The van der Waals surface area contributed by atoms with E-state index in [0.29, 0.717) is 0 Å². The van der Waals surface area contributed by atoms with Gasteiger partial charge >= 0.3 is 0 Å². The van der Waals surface area contributed by atoms with Crippen molar-refractivity contribution in [2.75, 3.05) is 5.73 Å². The molecule has 2 heterocycles. The van der Waals surface area contributed by atoms with Gasteiger partial charge in [0.2, 0.25) is 11.5 Å². The normalized spacial score (nSPS) is 29.9. The quantitative estimate of drug-likeness (QED) is 0.495. The third-order valence-corrected chi connectivity index (χ3v) is 6.12. The first-order chi connectivity index (χ1) is 13.8. The van der Waals surface area contributed by atoms with Crippen LogP contribution in [0.4, 0.5) is 5.95 Å². The Morgan fingerprint density at radius 3 is 2.17 bits per heavy atom. The molecule has 162 valence electrons. The molecular formula is C18H19Cl2N3O7. The van der Waals surface area contributed by atoms with Crippen LogP contribution in [0.2, 0.25) is 10.0 Å². The van der Waals surface area contributed by atoms with Crippen molar-refractivity contribution in [1.29, 1.82) is 0 Å². The minimum absolute atomic E-state index is 0.0943. The predicted molar refractivity (Wildman–Crippen MR) is 106 cm³/mol. The van der Waals surface area contributed by atoms with Gasteiger partial charge in [-0.05, 0) is 32.9 Å². The lowest BCUT2D eigenvalue weighted by atomic mass is 9.73. The summed E-state index contributed by atoms with van der Waals surface area (Å²) < 4.78 is 6.64. The molecule has 0 saturated carbocycles. The van der Waals surface area contributed by atoms with E-state index < -0.39 is 47.0 Å². The summed E-state index contributed by atoms with van der Waals surface area (Å²) in [5, 5.41) is 33.1. The molecule has 30 heavy (non-hydrogen) atoms. The number of anilines is 1. The van der Waals surface area contributed by atoms with Crippen molar-refractivity contribution in [3.05, 3.63) is 22.2 Å². The zero-order valence-corrected chi connectivity index (χ0v) is 17.6. The van der Waals surface area contributed by atoms with E-state index in [1.54, 1.807) is 0 Å². The standard InChI is InChI=1S/C18H19Cl2N3O7/c1-6(24)13(27)14-17(28,7(2)25)18(29,8(3)26)15(30-14)23-12-5-10(20)9(19)4-11(12)22-16(23)21/h4-5,13-15,27-29H,1-3H3,(H2,21,22)/t13?,14-,15-,17-,18+/m1/s1. The number of imidazole rings is 1. The van der Waals surface area contributed by atoms with E-state index in [-0.39, 0.29) is 27.0 Å². The number of benzene rings is 1. The first kappa shape index (κ1) is 22.6. The van der Waals surface area contributed by atoms with E-state index in [4.69, 9.17) is 33.7 Å². The van der Waals surface area contributed by atoms with E-state index in [2.05, 4.69) is 4.98 Å². The van der Waals surface area contributed by atoms with Crippen LogP contribution < -0.4 is 5.73 Å². The largest absolute Gasteiger partial charge is 0.382 e. The second-order valence-electron chi connectivity index (χ2n) is 7.20. The number of aliphatic hydroxyl groups excluding tert-OH is 1. The molecule has 5 atom stereocenters. The Labute approximate surface area is 180 Å². The molecule has 1 aromatic carbocycles. The Morgan fingerprint density at radius 1 is 1.13 bits per heavy atom. The summed E-state index contributed by atoms with van der Waals surface area (Å²) in [6, 6.07) is 2.72. The van der Waals surface area contributed by atoms with Crippen LogP contribution >= 0.6 is 23.2 Å². The summed E-state index contributed by atoms with van der Waals surface area (Å²) >= 11 is 12.1. The smallest absolute Gasteiger partial charge is 0.206 e. The van der Waals surface area contributed by atoms with Gasteiger partial charge in [-0.2, -0.15) is 0 Å². The summed E-state index contributed by atoms with van der Waals surface area (Å²) in [6.45, 7) is 2.81. The van der Waals surface area contributed by atoms with Crippen molar-refractivity contribution >= 4 is 57.5 Å². The third-order valence-electron chi connectivity index (χ3n) is 5.40. The summed E-state index contributed by atoms with van der Waals surface area (Å²) in [5.74, 6) is -3.29. The van der Waals surface area contributed by atoms with Crippen molar-refractivity contribution in [3.8, 4) is 0 Å². The molecule has 10 nitrogen and oxygen atoms in total. The van der Waals surface area contributed by atoms with Crippen LogP contribution in [-0.4, -0.2) is 65.6 Å². The van der Waals surface area contributed by atoms with Crippen LogP contribution in [0.1, 0.15) is 27.0 Å². The minimum Gasteiger partial charge on any atom is -0.382 e. The fraction of sp³-hybridized carbons (Fsp3) is 0.444. The molecule has 1 aliphatic rings. The van der Waals surface area contributed by atoms with E-state index in [1.165, 1.54) is 12.1 Å². The molecule has 12 heteroatoms. The van der Waals surface area contributed by atoms with Crippen molar-refractivity contribution in [3.63, 3.8) is 0 Å². The first-order valence-electron chi connectivity index (χ1n) is 8.71.